The number of ketones is 2. The first-order valence-electron chi connectivity index (χ1n) is 11.7. The van der Waals surface area contributed by atoms with Crippen LogP contribution >= 0.6 is 0 Å². The van der Waals surface area contributed by atoms with E-state index in [4.69, 9.17) is 9.15 Å². The Morgan fingerprint density at radius 2 is 1.55 bits per heavy atom. The fourth-order valence-electron chi connectivity index (χ4n) is 4.54. The van der Waals surface area contributed by atoms with E-state index in [0.29, 0.717) is 27.9 Å². The number of furan rings is 1. The number of pyridine rings is 1. The molecule has 0 unspecified atom stereocenters. The third-order valence-corrected chi connectivity index (χ3v) is 6.27. The van der Waals surface area contributed by atoms with Crippen LogP contribution in [0.3, 0.4) is 0 Å². The third-order valence-electron chi connectivity index (χ3n) is 6.27. The lowest BCUT2D eigenvalue weighted by molar-refractivity contribution is -0.119. The second kappa shape index (κ2) is 9.25. The lowest BCUT2D eigenvalue weighted by Crippen LogP contribution is -2.26. The van der Waals surface area contributed by atoms with E-state index in [1.54, 1.807) is 78.9 Å². The number of fused-ring (bicyclic) bond motifs is 3. The van der Waals surface area contributed by atoms with Gasteiger partial charge >= 0.3 is 5.97 Å². The summed E-state index contributed by atoms with van der Waals surface area (Å²) in [5.74, 6) is -1.55. The summed E-state index contributed by atoms with van der Waals surface area (Å²) in [6, 6.07) is 23.3. The molecule has 0 atom stereocenters. The van der Waals surface area contributed by atoms with Crippen LogP contribution in [-0.4, -0.2) is 35.0 Å². The summed E-state index contributed by atoms with van der Waals surface area (Å²) < 4.78 is 10.8. The molecule has 0 saturated carbocycles. The highest BCUT2D eigenvalue weighted by Gasteiger charge is 2.31. The van der Waals surface area contributed by atoms with E-state index >= 15 is 0 Å². The van der Waals surface area contributed by atoms with Crippen LogP contribution < -0.4 is 5.32 Å². The van der Waals surface area contributed by atoms with Crippen LogP contribution in [-0.2, 0) is 9.53 Å². The predicted molar refractivity (Wildman–Crippen MR) is 138 cm³/mol. The topological polar surface area (TPSA) is 116 Å². The SMILES string of the molecule is O=C(COC(=O)c1cc(-c2ccco2)nc2ccccc12)Nc1cccc2c1C(=O)c1ccccc1C2=O. The highest BCUT2D eigenvalue weighted by Crippen LogP contribution is 2.32. The Kier molecular flexibility index (Phi) is 5.61. The molecule has 0 bridgehead atoms. The molecule has 2 aromatic heterocycles. The summed E-state index contributed by atoms with van der Waals surface area (Å²) in [7, 11) is 0. The van der Waals surface area contributed by atoms with E-state index in [-0.39, 0.29) is 39.5 Å². The van der Waals surface area contributed by atoms with E-state index < -0.39 is 18.5 Å². The minimum atomic E-state index is -0.721. The van der Waals surface area contributed by atoms with Crippen LogP contribution in [0.2, 0.25) is 0 Å². The van der Waals surface area contributed by atoms with Gasteiger partial charge in [-0.2, -0.15) is 0 Å². The second-order valence-electron chi connectivity index (χ2n) is 8.61. The summed E-state index contributed by atoms with van der Waals surface area (Å²) in [6.07, 6.45) is 1.51. The zero-order valence-electron chi connectivity index (χ0n) is 19.8. The van der Waals surface area contributed by atoms with Crippen LogP contribution in [0.1, 0.15) is 42.2 Å². The van der Waals surface area contributed by atoms with Crippen LogP contribution in [0.4, 0.5) is 5.69 Å². The number of rotatable bonds is 5. The highest BCUT2D eigenvalue weighted by atomic mass is 16.5. The Balaban J connectivity index is 1.23. The molecule has 2 heterocycles. The van der Waals surface area contributed by atoms with Gasteiger partial charge in [0, 0.05) is 22.1 Å². The summed E-state index contributed by atoms with van der Waals surface area (Å²) in [5.41, 5.74) is 2.32. The van der Waals surface area contributed by atoms with Gasteiger partial charge in [0.2, 0.25) is 0 Å². The molecule has 3 aromatic carbocycles. The van der Waals surface area contributed by atoms with Crippen molar-refractivity contribution in [3.05, 3.63) is 119 Å². The van der Waals surface area contributed by atoms with E-state index in [0.717, 1.165) is 0 Å². The lowest BCUT2D eigenvalue weighted by atomic mass is 9.83. The molecular formula is C30H18N2O6. The first-order valence-corrected chi connectivity index (χ1v) is 11.7. The van der Waals surface area contributed by atoms with Gasteiger partial charge in [-0.1, -0.05) is 54.6 Å². The molecule has 0 spiro atoms. The van der Waals surface area contributed by atoms with Crippen molar-refractivity contribution in [2.45, 2.75) is 0 Å². The number of nitrogens with one attached hydrogen (secondary N) is 1. The molecule has 1 aliphatic carbocycles. The molecule has 8 nitrogen and oxygen atoms in total. The van der Waals surface area contributed by atoms with Gasteiger partial charge in [-0.25, -0.2) is 9.78 Å². The second-order valence-corrected chi connectivity index (χ2v) is 8.61. The molecule has 38 heavy (non-hydrogen) atoms. The largest absolute Gasteiger partial charge is 0.463 e. The van der Waals surface area contributed by atoms with Gasteiger partial charge in [-0.3, -0.25) is 14.4 Å². The van der Waals surface area contributed by atoms with Crippen molar-refractivity contribution in [2.75, 3.05) is 11.9 Å². The van der Waals surface area contributed by atoms with Crippen LogP contribution in [0.15, 0.2) is 95.6 Å². The number of hydrogen-bond donors (Lipinski definition) is 1. The number of amides is 1. The first-order chi connectivity index (χ1) is 18.5. The van der Waals surface area contributed by atoms with Gasteiger partial charge in [0.25, 0.3) is 5.91 Å². The van der Waals surface area contributed by atoms with E-state index in [2.05, 4.69) is 10.3 Å². The molecule has 1 amide bonds. The van der Waals surface area contributed by atoms with E-state index in [1.165, 1.54) is 12.3 Å². The van der Waals surface area contributed by atoms with Gasteiger partial charge in [-0.15, -0.1) is 0 Å². The number of nitrogens with zero attached hydrogens (tertiary/aromatic N) is 1. The summed E-state index contributed by atoms with van der Waals surface area (Å²) in [5, 5.41) is 3.18. The highest BCUT2D eigenvalue weighted by molar-refractivity contribution is 6.30. The number of ether oxygens (including phenoxy) is 1. The van der Waals surface area contributed by atoms with Crippen molar-refractivity contribution in [2.24, 2.45) is 0 Å². The molecule has 184 valence electrons. The molecular weight excluding hydrogens is 484 g/mol. The maximum Gasteiger partial charge on any atom is 0.339 e. The Hall–Kier alpha value is -5.37. The fraction of sp³-hybridized carbons (Fsp3) is 0.0333. The van der Waals surface area contributed by atoms with Crippen LogP contribution in [0, 0.1) is 0 Å². The number of aromatic nitrogens is 1. The number of para-hydroxylation sites is 1. The fourth-order valence-corrected chi connectivity index (χ4v) is 4.54. The van der Waals surface area contributed by atoms with Crippen molar-refractivity contribution >= 4 is 40.0 Å². The van der Waals surface area contributed by atoms with Crippen molar-refractivity contribution < 1.29 is 28.3 Å². The van der Waals surface area contributed by atoms with E-state index in [1.807, 2.05) is 0 Å². The number of carbonyl (C=O) groups excluding carboxylic acids is 4. The molecule has 1 aliphatic rings. The minimum Gasteiger partial charge on any atom is -0.463 e. The molecule has 0 fully saturated rings. The molecule has 6 rings (SSSR count). The van der Waals surface area contributed by atoms with Crippen molar-refractivity contribution in [1.29, 1.82) is 0 Å². The van der Waals surface area contributed by atoms with E-state index in [9.17, 15) is 19.2 Å². The van der Waals surface area contributed by atoms with Crippen molar-refractivity contribution in [3.8, 4) is 11.5 Å². The first kappa shape index (κ1) is 23.1. The van der Waals surface area contributed by atoms with Gasteiger partial charge < -0.3 is 14.5 Å². The number of carbonyl (C=O) groups is 4. The Morgan fingerprint density at radius 3 is 2.34 bits per heavy atom. The van der Waals surface area contributed by atoms with Crippen molar-refractivity contribution in [1.82, 2.24) is 4.98 Å². The number of hydrogen-bond acceptors (Lipinski definition) is 7. The average molecular weight is 502 g/mol. The quantitative estimate of drug-likeness (QED) is 0.327. The Morgan fingerprint density at radius 1 is 0.816 bits per heavy atom. The maximum absolute atomic E-state index is 13.2. The molecule has 5 aromatic rings. The Labute approximate surface area is 215 Å². The van der Waals surface area contributed by atoms with Crippen LogP contribution in [0.5, 0.6) is 0 Å². The monoisotopic (exact) mass is 502 g/mol. The number of benzene rings is 3. The molecule has 0 aliphatic heterocycles. The smallest absolute Gasteiger partial charge is 0.339 e. The minimum absolute atomic E-state index is 0.110. The third kappa shape index (κ3) is 3.94. The summed E-state index contributed by atoms with van der Waals surface area (Å²) in [6.45, 7) is -0.603. The van der Waals surface area contributed by atoms with Gasteiger partial charge in [-0.05, 0) is 30.3 Å². The van der Waals surface area contributed by atoms with Gasteiger partial charge in [0.15, 0.2) is 23.9 Å². The predicted octanol–water partition coefficient (Wildman–Crippen LogP) is 5.07. The summed E-state index contributed by atoms with van der Waals surface area (Å²) >= 11 is 0. The Bertz CT molecular complexity index is 1770. The normalized spacial score (nSPS) is 12.1. The zero-order chi connectivity index (χ0) is 26.2. The number of esters is 1. The standard InChI is InChI=1S/C30H18N2O6/c33-26(32-23-12-5-10-20-27(23)29(35)19-9-2-1-8-18(19)28(20)34)16-38-30(36)21-15-24(25-13-6-14-37-25)31-22-11-4-3-7-17(21)22/h1-15H,16H2,(H,32,33). The lowest BCUT2D eigenvalue weighted by Gasteiger charge is -2.20. The molecule has 0 saturated heterocycles. The van der Waals surface area contributed by atoms with Gasteiger partial charge in [0.1, 0.15) is 5.69 Å². The summed E-state index contributed by atoms with van der Waals surface area (Å²) in [4.78, 5) is 56.5. The van der Waals surface area contributed by atoms with Crippen molar-refractivity contribution in [3.63, 3.8) is 0 Å². The molecule has 0 radical (unpaired) electrons. The zero-order valence-corrected chi connectivity index (χ0v) is 19.8. The molecule has 8 heteroatoms. The maximum atomic E-state index is 13.2. The van der Waals surface area contributed by atoms with Gasteiger partial charge in [0.05, 0.1) is 28.6 Å². The average Bonchev–Trinajstić information content (AvgIpc) is 3.49. The number of anilines is 1. The van der Waals surface area contributed by atoms with Crippen LogP contribution in [0.25, 0.3) is 22.4 Å². The molecule has 1 N–H and O–H groups in total.